The molecule has 1 aliphatic rings. The predicted octanol–water partition coefficient (Wildman–Crippen LogP) is 8.45. The summed E-state index contributed by atoms with van der Waals surface area (Å²) in [4.78, 5) is 5.11. The highest BCUT2D eigenvalue weighted by atomic mass is 14.7. The van der Waals surface area contributed by atoms with E-state index in [-0.39, 0.29) is 5.92 Å². The van der Waals surface area contributed by atoms with Crippen molar-refractivity contribution < 1.29 is 0 Å². The molecule has 4 aromatic rings. The van der Waals surface area contributed by atoms with Crippen LogP contribution in [0.15, 0.2) is 144 Å². The highest BCUT2D eigenvalue weighted by molar-refractivity contribution is 6.13. The molecule has 0 radical (unpaired) electrons. The lowest BCUT2D eigenvalue weighted by molar-refractivity contribution is 1.15. The molecule has 164 valence electrons. The highest BCUT2D eigenvalue weighted by Crippen LogP contribution is 2.42. The van der Waals surface area contributed by atoms with E-state index in [1.54, 1.807) is 0 Å². The van der Waals surface area contributed by atoms with Crippen molar-refractivity contribution in [3.8, 4) is 0 Å². The molecule has 1 atom stereocenters. The normalized spacial score (nSPS) is 16.2. The summed E-state index contributed by atoms with van der Waals surface area (Å²) in [5.41, 5.74) is 9.52. The van der Waals surface area contributed by atoms with Crippen LogP contribution in [0, 0.1) is 0 Å². The molecule has 34 heavy (non-hydrogen) atoms. The Morgan fingerprint density at radius 2 is 1.12 bits per heavy atom. The van der Waals surface area contributed by atoms with Crippen LogP contribution in [0.2, 0.25) is 0 Å². The second-order valence-corrected chi connectivity index (χ2v) is 8.46. The highest BCUT2D eigenvalue weighted by Gasteiger charge is 2.27. The van der Waals surface area contributed by atoms with Crippen molar-refractivity contribution in [3.05, 3.63) is 161 Å². The van der Waals surface area contributed by atoms with E-state index in [1.807, 2.05) is 12.3 Å². The molecule has 4 aromatic carbocycles. The fourth-order valence-corrected chi connectivity index (χ4v) is 4.60. The Hall–Kier alpha value is -4.23. The minimum absolute atomic E-state index is 0.0148. The van der Waals surface area contributed by atoms with Gasteiger partial charge in [-0.2, -0.15) is 0 Å². The topological polar surface area (TPSA) is 12.4 Å². The fraction of sp³-hybridized carbons (Fsp3) is 0.0606. The predicted molar refractivity (Wildman–Crippen MR) is 146 cm³/mol. The second kappa shape index (κ2) is 10.1. The van der Waals surface area contributed by atoms with Crippen LogP contribution in [-0.4, -0.2) is 5.71 Å². The lowest BCUT2D eigenvalue weighted by atomic mass is 9.79. The molecule has 1 heteroatoms. The molecule has 0 aromatic heterocycles. The number of hydrogen-bond donors (Lipinski definition) is 0. The maximum atomic E-state index is 5.11. The summed E-state index contributed by atoms with van der Waals surface area (Å²) >= 11 is 0. The number of rotatable bonds is 5. The van der Waals surface area contributed by atoms with Gasteiger partial charge in [-0.3, -0.25) is 4.99 Å². The molecule has 0 N–H and O–H groups in total. The molecule has 0 saturated carbocycles. The van der Waals surface area contributed by atoms with Gasteiger partial charge in [0.05, 0.1) is 11.6 Å². The first-order valence-corrected chi connectivity index (χ1v) is 11.7. The number of hydrogen-bond acceptors (Lipinski definition) is 1. The van der Waals surface area contributed by atoms with E-state index in [9.17, 15) is 0 Å². The molecule has 5 rings (SSSR count). The van der Waals surface area contributed by atoms with Gasteiger partial charge in [0.15, 0.2) is 0 Å². The van der Waals surface area contributed by atoms with E-state index in [4.69, 9.17) is 4.99 Å². The smallest absolute Gasteiger partial charge is 0.0523 e. The maximum Gasteiger partial charge on any atom is 0.0523 e. The summed E-state index contributed by atoms with van der Waals surface area (Å²) in [6, 6.07) is 42.4. The largest absolute Gasteiger partial charge is 0.260 e. The molecular formula is C33H27N. The summed E-state index contributed by atoms with van der Waals surface area (Å²) in [6.45, 7) is 2.23. The summed E-state index contributed by atoms with van der Waals surface area (Å²) in [6.07, 6.45) is 6.38. The van der Waals surface area contributed by atoms with Gasteiger partial charge in [0.1, 0.15) is 0 Å². The zero-order valence-electron chi connectivity index (χ0n) is 19.3. The van der Waals surface area contributed by atoms with Gasteiger partial charge in [0.25, 0.3) is 0 Å². The van der Waals surface area contributed by atoms with E-state index in [1.165, 1.54) is 27.8 Å². The van der Waals surface area contributed by atoms with Crippen molar-refractivity contribution in [2.75, 3.05) is 0 Å². The first-order valence-electron chi connectivity index (χ1n) is 11.7. The van der Waals surface area contributed by atoms with E-state index >= 15 is 0 Å². The standard InChI is InChI=1S/C33H27N/c1-25-30(27-16-8-3-9-17-27)24-34-31(23-22-26-14-6-2-7-15-26)33(29-20-12-5-13-21-29)32(25)28-18-10-4-11-19-28/h2-24,33H,1H3. The minimum Gasteiger partial charge on any atom is -0.260 e. The maximum absolute atomic E-state index is 5.11. The number of allylic oxidation sites excluding steroid dienone is 4. The first kappa shape index (κ1) is 21.6. The average Bonchev–Trinajstić information content (AvgIpc) is 3.05. The van der Waals surface area contributed by atoms with E-state index in [0.717, 1.165) is 16.8 Å². The van der Waals surface area contributed by atoms with Crippen molar-refractivity contribution in [3.63, 3.8) is 0 Å². The van der Waals surface area contributed by atoms with Crippen molar-refractivity contribution in [2.45, 2.75) is 12.8 Å². The van der Waals surface area contributed by atoms with Gasteiger partial charge in [-0.25, -0.2) is 0 Å². The third-order valence-corrected chi connectivity index (χ3v) is 6.28. The zero-order valence-corrected chi connectivity index (χ0v) is 19.3. The Labute approximate surface area is 202 Å². The van der Waals surface area contributed by atoms with E-state index < -0.39 is 0 Å². The van der Waals surface area contributed by atoms with Crippen molar-refractivity contribution in [2.24, 2.45) is 4.99 Å². The summed E-state index contributed by atoms with van der Waals surface area (Å²) < 4.78 is 0. The summed E-state index contributed by atoms with van der Waals surface area (Å²) in [7, 11) is 0. The zero-order chi connectivity index (χ0) is 23.2. The van der Waals surface area contributed by atoms with Crippen molar-refractivity contribution in [1.29, 1.82) is 0 Å². The first-order chi connectivity index (χ1) is 16.8. The molecule has 0 spiro atoms. The summed E-state index contributed by atoms with van der Waals surface area (Å²) in [5, 5.41) is 0. The van der Waals surface area contributed by atoms with Crippen LogP contribution >= 0.6 is 0 Å². The van der Waals surface area contributed by atoms with Gasteiger partial charge in [0.2, 0.25) is 0 Å². The molecule has 0 saturated heterocycles. The Morgan fingerprint density at radius 1 is 0.588 bits per heavy atom. The van der Waals surface area contributed by atoms with Gasteiger partial charge < -0.3 is 0 Å². The van der Waals surface area contributed by atoms with Crippen LogP contribution in [0.25, 0.3) is 17.2 Å². The molecule has 0 aliphatic carbocycles. The van der Waals surface area contributed by atoms with Gasteiger partial charge in [-0.1, -0.05) is 127 Å². The van der Waals surface area contributed by atoms with Gasteiger partial charge in [-0.15, -0.1) is 0 Å². The molecule has 1 aliphatic heterocycles. The van der Waals surface area contributed by atoms with Crippen LogP contribution in [-0.2, 0) is 0 Å². The van der Waals surface area contributed by atoms with Crippen LogP contribution in [0.5, 0.6) is 0 Å². The number of nitrogens with zero attached hydrogens (tertiary/aromatic N) is 1. The van der Waals surface area contributed by atoms with Crippen LogP contribution < -0.4 is 0 Å². The fourth-order valence-electron chi connectivity index (χ4n) is 4.60. The lowest BCUT2D eigenvalue weighted by Gasteiger charge is -2.24. The van der Waals surface area contributed by atoms with Crippen molar-refractivity contribution in [1.82, 2.24) is 0 Å². The van der Waals surface area contributed by atoms with Gasteiger partial charge in [0, 0.05) is 11.8 Å². The van der Waals surface area contributed by atoms with E-state index in [2.05, 4.69) is 134 Å². The quantitative estimate of drug-likeness (QED) is 0.297. The molecule has 0 amide bonds. The van der Waals surface area contributed by atoms with Crippen molar-refractivity contribution >= 4 is 22.9 Å². The number of benzene rings is 4. The third kappa shape index (κ3) is 4.60. The Kier molecular flexibility index (Phi) is 6.45. The van der Waals surface area contributed by atoms with E-state index in [0.29, 0.717) is 0 Å². The van der Waals surface area contributed by atoms with Crippen LogP contribution in [0.1, 0.15) is 35.1 Å². The van der Waals surface area contributed by atoms with Crippen LogP contribution in [0.4, 0.5) is 0 Å². The summed E-state index contributed by atoms with van der Waals surface area (Å²) in [5.74, 6) is 0.0148. The Morgan fingerprint density at radius 3 is 1.74 bits per heavy atom. The lowest BCUT2D eigenvalue weighted by Crippen LogP contribution is -2.13. The van der Waals surface area contributed by atoms with Crippen LogP contribution in [0.3, 0.4) is 0 Å². The third-order valence-electron chi connectivity index (χ3n) is 6.28. The molecule has 0 bridgehead atoms. The molecule has 0 fully saturated rings. The molecule has 1 nitrogen and oxygen atoms in total. The Balaban J connectivity index is 1.75. The molecule has 1 heterocycles. The second-order valence-electron chi connectivity index (χ2n) is 8.46. The number of aliphatic imine (C=N–C) groups is 1. The minimum atomic E-state index is 0.0148. The monoisotopic (exact) mass is 437 g/mol. The SMILES string of the molecule is CC1=C(c2ccccc2)C(c2ccccc2)C(C=Cc2ccccc2)=NC=C1c1ccccc1. The average molecular weight is 438 g/mol. The Bertz CT molecular complexity index is 1360. The molecular weight excluding hydrogens is 410 g/mol. The molecule has 1 unspecified atom stereocenters. The van der Waals surface area contributed by atoms with Gasteiger partial charge in [-0.05, 0) is 46.4 Å². The van der Waals surface area contributed by atoms with Gasteiger partial charge >= 0.3 is 0 Å².